The summed E-state index contributed by atoms with van der Waals surface area (Å²) in [4.78, 5) is 26.7. The van der Waals surface area contributed by atoms with Gasteiger partial charge in [-0.15, -0.1) is 0 Å². The number of carbonyl (C=O) groups excluding carboxylic acids is 1. The summed E-state index contributed by atoms with van der Waals surface area (Å²) in [5.41, 5.74) is 1.74. The van der Waals surface area contributed by atoms with Crippen LogP contribution in [0.1, 0.15) is 42.6 Å². The largest absolute Gasteiger partial charge is 0.478 e. The Balaban J connectivity index is 2.68. The number of nitrogens with zero attached hydrogens (tertiary/aromatic N) is 1. The second-order valence-electron chi connectivity index (χ2n) is 4.97. The van der Waals surface area contributed by atoms with Crippen molar-refractivity contribution < 1.29 is 14.7 Å². The van der Waals surface area contributed by atoms with Crippen molar-refractivity contribution in [3.05, 3.63) is 35.4 Å². The Morgan fingerprint density at radius 2 is 1.95 bits per heavy atom. The van der Waals surface area contributed by atoms with Crippen molar-refractivity contribution in [2.24, 2.45) is 0 Å². The summed E-state index contributed by atoms with van der Waals surface area (Å²) in [6, 6.07) is 6.93. The van der Waals surface area contributed by atoms with E-state index >= 15 is 0 Å². The smallest absolute Gasteiger partial charge is 0.336 e. The van der Waals surface area contributed by atoms with Crippen LogP contribution >= 0.6 is 0 Å². The van der Waals surface area contributed by atoms with Crippen molar-refractivity contribution in [2.45, 2.75) is 26.7 Å². The van der Waals surface area contributed by atoms with Crippen LogP contribution in [0.3, 0.4) is 0 Å². The van der Waals surface area contributed by atoms with Crippen molar-refractivity contribution in [1.29, 1.82) is 0 Å². The van der Waals surface area contributed by atoms with Crippen molar-refractivity contribution in [2.75, 3.05) is 5.32 Å². The summed E-state index contributed by atoms with van der Waals surface area (Å²) in [6.45, 7) is 5.44. The molecule has 5 heteroatoms. The molecule has 1 aromatic heterocycles. The normalized spacial score (nSPS) is 10.8. The van der Waals surface area contributed by atoms with E-state index in [0.717, 1.165) is 5.56 Å². The first kappa shape index (κ1) is 14.0. The molecule has 5 nitrogen and oxygen atoms in total. The Morgan fingerprint density at radius 1 is 1.25 bits per heavy atom. The van der Waals surface area contributed by atoms with Gasteiger partial charge in [-0.3, -0.25) is 4.79 Å². The number of benzene rings is 1. The number of carboxylic acid groups (broad SMARTS) is 1. The van der Waals surface area contributed by atoms with Gasteiger partial charge in [-0.05, 0) is 29.7 Å². The molecule has 1 aromatic carbocycles. The van der Waals surface area contributed by atoms with Crippen LogP contribution in [-0.2, 0) is 4.79 Å². The number of hydrogen-bond acceptors (Lipinski definition) is 3. The number of anilines is 1. The zero-order valence-electron chi connectivity index (χ0n) is 11.6. The molecule has 0 aliphatic carbocycles. The number of rotatable bonds is 3. The second kappa shape index (κ2) is 5.28. The minimum atomic E-state index is -1.04. The van der Waals surface area contributed by atoms with Gasteiger partial charge in [0.05, 0.1) is 11.1 Å². The van der Waals surface area contributed by atoms with Crippen LogP contribution in [0.2, 0.25) is 0 Å². The highest BCUT2D eigenvalue weighted by Crippen LogP contribution is 2.25. The summed E-state index contributed by atoms with van der Waals surface area (Å²) in [6.07, 6.45) is 0. The first-order valence-electron chi connectivity index (χ1n) is 6.34. The first-order valence-corrected chi connectivity index (χ1v) is 6.34. The first-order chi connectivity index (χ1) is 9.38. The van der Waals surface area contributed by atoms with E-state index in [0.29, 0.717) is 16.8 Å². The highest BCUT2D eigenvalue weighted by Gasteiger charge is 2.13. The SMILES string of the molecule is CC(=O)Nc1cc(C(=O)O)c2cc(C(C)C)ccc2n1. The molecule has 2 rings (SSSR count). The van der Waals surface area contributed by atoms with E-state index in [1.165, 1.54) is 13.0 Å². The van der Waals surface area contributed by atoms with E-state index in [1.807, 2.05) is 26.0 Å². The van der Waals surface area contributed by atoms with Crippen molar-refractivity contribution in [3.8, 4) is 0 Å². The Hall–Kier alpha value is -2.43. The predicted octanol–water partition coefficient (Wildman–Crippen LogP) is 3.01. The number of carboxylic acids is 1. The molecule has 2 N–H and O–H groups in total. The average molecular weight is 272 g/mol. The van der Waals surface area contributed by atoms with E-state index in [1.54, 1.807) is 6.07 Å². The highest BCUT2D eigenvalue weighted by molar-refractivity contribution is 6.04. The average Bonchev–Trinajstić information content (AvgIpc) is 2.36. The number of carbonyl (C=O) groups is 2. The molecule has 0 saturated carbocycles. The lowest BCUT2D eigenvalue weighted by molar-refractivity contribution is -0.114. The third-order valence-electron chi connectivity index (χ3n) is 3.03. The van der Waals surface area contributed by atoms with Crippen LogP contribution in [-0.4, -0.2) is 22.0 Å². The number of pyridine rings is 1. The summed E-state index contributed by atoms with van der Waals surface area (Å²) >= 11 is 0. The predicted molar refractivity (Wildman–Crippen MR) is 77.1 cm³/mol. The maximum Gasteiger partial charge on any atom is 0.336 e. The standard InChI is InChI=1S/C15H16N2O3/c1-8(2)10-4-5-13-11(6-10)12(15(19)20)7-14(17-13)16-9(3)18/h4-8H,1-3H3,(H,19,20)(H,16,17,18). The molecule has 1 heterocycles. The van der Waals surface area contributed by atoms with E-state index in [2.05, 4.69) is 10.3 Å². The maximum absolute atomic E-state index is 11.4. The summed E-state index contributed by atoms with van der Waals surface area (Å²) < 4.78 is 0. The highest BCUT2D eigenvalue weighted by atomic mass is 16.4. The van der Waals surface area contributed by atoms with Gasteiger partial charge in [0.1, 0.15) is 5.82 Å². The van der Waals surface area contributed by atoms with Gasteiger partial charge in [-0.2, -0.15) is 0 Å². The zero-order valence-corrected chi connectivity index (χ0v) is 11.6. The maximum atomic E-state index is 11.4. The molecule has 2 aromatic rings. The topological polar surface area (TPSA) is 79.3 Å². The molecule has 0 atom stereocenters. The molecular weight excluding hydrogens is 256 g/mol. The molecule has 104 valence electrons. The van der Waals surface area contributed by atoms with Gasteiger partial charge in [0.15, 0.2) is 0 Å². The van der Waals surface area contributed by atoms with Crippen LogP contribution in [0.5, 0.6) is 0 Å². The van der Waals surface area contributed by atoms with Gasteiger partial charge in [-0.1, -0.05) is 19.9 Å². The molecule has 0 saturated heterocycles. The van der Waals surface area contributed by atoms with Crippen molar-refractivity contribution in [1.82, 2.24) is 4.98 Å². The summed E-state index contributed by atoms with van der Waals surface area (Å²) in [7, 11) is 0. The van der Waals surface area contributed by atoms with Crippen LogP contribution in [0, 0.1) is 0 Å². The van der Waals surface area contributed by atoms with E-state index in [4.69, 9.17) is 0 Å². The third-order valence-corrected chi connectivity index (χ3v) is 3.03. The number of aromatic carboxylic acids is 1. The lowest BCUT2D eigenvalue weighted by atomic mass is 9.99. The Labute approximate surface area is 116 Å². The molecule has 0 bridgehead atoms. The zero-order chi connectivity index (χ0) is 14.9. The van der Waals surface area contributed by atoms with Crippen LogP contribution < -0.4 is 5.32 Å². The number of aromatic nitrogens is 1. The summed E-state index contributed by atoms with van der Waals surface area (Å²) in [5, 5.41) is 12.4. The van der Waals surface area contributed by atoms with Gasteiger partial charge < -0.3 is 10.4 Å². The Morgan fingerprint density at radius 3 is 2.50 bits per heavy atom. The Bertz CT molecular complexity index is 693. The van der Waals surface area contributed by atoms with E-state index < -0.39 is 5.97 Å². The number of hydrogen-bond donors (Lipinski definition) is 2. The van der Waals surface area contributed by atoms with Crippen LogP contribution in [0.4, 0.5) is 5.82 Å². The van der Waals surface area contributed by atoms with Crippen molar-refractivity contribution in [3.63, 3.8) is 0 Å². The molecule has 0 aliphatic heterocycles. The van der Waals surface area contributed by atoms with Gasteiger partial charge >= 0.3 is 5.97 Å². The quantitative estimate of drug-likeness (QED) is 0.900. The number of fused-ring (bicyclic) bond motifs is 1. The fourth-order valence-electron chi connectivity index (χ4n) is 2.02. The molecular formula is C15H16N2O3. The number of nitrogens with one attached hydrogen (secondary N) is 1. The number of amides is 1. The molecule has 1 amide bonds. The van der Waals surface area contributed by atoms with Crippen molar-refractivity contribution >= 4 is 28.6 Å². The Kier molecular flexibility index (Phi) is 3.70. The van der Waals surface area contributed by atoms with E-state index in [9.17, 15) is 14.7 Å². The fourth-order valence-corrected chi connectivity index (χ4v) is 2.02. The van der Waals surface area contributed by atoms with Gasteiger partial charge in [0.25, 0.3) is 0 Å². The summed E-state index contributed by atoms with van der Waals surface area (Å²) in [5.74, 6) is -0.771. The molecule has 0 radical (unpaired) electrons. The minimum absolute atomic E-state index is 0.140. The monoisotopic (exact) mass is 272 g/mol. The lowest BCUT2D eigenvalue weighted by Crippen LogP contribution is -2.09. The molecule has 20 heavy (non-hydrogen) atoms. The van der Waals surface area contributed by atoms with Gasteiger partial charge in [-0.25, -0.2) is 9.78 Å². The van der Waals surface area contributed by atoms with Crippen LogP contribution in [0.25, 0.3) is 10.9 Å². The van der Waals surface area contributed by atoms with Gasteiger partial charge in [0, 0.05) is 12.3 Å². The minimum Gasteiger partial charge on any atom is -0.478 e. The lowest BCUT2D eigenvalue weighted by Gasteiger charge is -2.10. The molecule has 0 aliphatic rings. The van der Waals surface area contributed by atoms with E-state index in [-0.39, 0.29) is 17.3 Å². The fraction of sp³-hybridized carbons (Fsp3) is 0.267. The third kappa shape index (κ3) is 2.77. The van der Waals surface area contributed by atoms with Gasteiger partial charge in [0.2, 0.25) is 5.91 Å². The molecule has 0 spiro atoms. The molecule has 0 fully saturated rings. The van der Waals surface area contributed by atoms with Crippen LogP contribution in [0.15, 0.2) is 24.3 Å². The molecule has 0 unspecified atom stereocenters. The second-order valence-corrected chi connectivity index (χ2v) is 4.97.